The van der Waals surface area contributed by atoms with E-state index in [1.807, 2.05) is 0 Å². The number of nitrogens with one attached hydrogen (secondary N) is 3. The molecule has 4 atom stereocenters. The van der Waals surface area contributed by atoms with E-state index in [0.717, 1.165) is 0 Å². The number of amides is 3. The van der Waals surface area contributed by atoms with E-state index in [9.17, 15) is 24.3 Å². The van der Waals surface area contributed by atoms with Crippen molar-refractivity contribution in [2.75, 3.05) is 18.9 Å². The molecule has 0 heterocycles. The highest BCUT2D eigenvalue weighted by molar-refractivity contribution is 7.80. The number of carboxylic acids is 1. The van der Waals surface area contributed by atoms with Crippen LogP contribution in [0.3, 0.4) is 0 Å². The Bertz CT molecular complexity index is 521. The number of aliphatic hydroxyl groups is 1. The quantitative estimate of drug-likeness (QED) is 0.116. The SMILES string of the molecule is CC(NC(=O)C(CO)NC(=O)C(N)CCCCN)C(=O)NC(CS)C(=O)O. The molecule has 0 rings (SSSR count). The van der Waals surface area contributed by atoms with Crippen LogP contribution < -0.4 is 27.4 Å². The number of aliphatic hydroxyl groups excluding tert-OH is 1. The third-order valence-electron chi connectivity index (χ3n) is 3.67. The van der Waals surface area contributed by atoms with E-state index >= 15 is 0 Å². The number of carboxylic acid groups (broad SMARTS) is 1. The summed E-state index contributed by atoms with van der Waals surface area (Å²) in [6.45, 7) is 1.11. The van der Waals surface area contributed by atoms with E-state index in [-0.39, 0.29) is 5.75 Å². The van der Waals surface area contributed by atoms with Crippen molar-refractivity contribution in [3.05, 3.63) is 0 Å². The van der Waals surface area contributed by atoms with Gasteiger partial charge in [0.25, 0.3) is 0 Å². The second-order valence-corrected chi connectivity index (χ2v) is 6.31. The molecule has 0 fully saturated rings. The molecule has 0 bridgehead atoms. The Balaban J connectivity index is 4.63. The lowest BCUT2D eigenvalue weighted by atomic mass is 10.1. The second-order valence-electron chi connectivity index (χ2n) is 5.95. The maximum absolute atomic E-state index is 12.1. The summed E-state index contributed by atoms with van der Waals surface area (Å²) in [7, 11) is 0. The maximum atomic E-state index is 12.1. The van der Waals surface area contributed by atoms with Crippen LogP contribution in [0.1, 0.15) is 26.2 Å². The van der Waals surface area contributed by atoms with Crippen LogP contribution in [0.5, 0.6) is 0 Å². The third kappa shape index (κ3) is 9.56. The van der Waals surface area contributed by atoms with E-state index in [2.05, 4.69) is 28.6 Å². The zero-order chi connectivity index (χ0) is 21.0. The molecule has 0 saturated heterocycles. The fraction of sp³-hybridized carbons (Fsp3) is 0.733. The normalized spacial score (nSPS) is 15.1. The van der Waals surface area contributed by atoms with Crippen molar-refractivity contribution in [2.45, 2.75) is 50.4 Å². The predicted octanol–water partition coefficient (Wildman–Crippen LogP) is -3.08. The Morgan fingerprint density at radius 1 is 1.00 bits per heavy atom. The van der Waals surface area contributed by atoms with E-state index in [0.29, 0.717) is 25.8 Å². The maximum Gasteiger partial charge on any atom is 0.327 e. The first kappa shape index (κ1) is 25.1. The molecule has 0 aromatic rings. The lowest BCUT2D eigenvalue weighted by Gasteiger charge is -2.22. The zero-order valence-corrected chi connectivity index (χ0v) is 16.1. The highest BCUT2D eigenvalue weighted by Gasteiger charge is 2.27. The molecule has 0 aliphatic heterocycles. The molecule has 0 aliphatic rings. The first-order valence-electron chi connectivity index (χ1n) is 8.49. The molecule has 11 nitrogen and oxygen atoms in total. The Hall–Kier alpha value is -1.89. The van der Waals surface area contributed by atoms with Gasteiger partial charge in [-0.15, -0.1) is 0 Å². The van der Waals surface area contributed by atoms with Gasteiger partial charge in [0.1, 0.15) is 18.1 Å². The van der Waals surface area contributed by atoms with Gasteiger partial charge >= 0.3 is 5.97 Å². The number of aliphatic carboxylic acids is 1. The Morgan fingerprint density at radius 2 is 1.59 bits per heavy atom. The van der Waals surface area contributed by atoms with Gasteiger partial charge in [0, 0.05) is 5.75 Å². The summed E-state index contributed by atoms with van der Waals surface area (Å²) in [4.78, 5) is 47.0. The van der Waals surface area contributed by atoms with Gasteiger partial charge in [0.2, 0.25) is 17.7 Å². The minimum Gasteiger partial charge on any atom is -0.480 e. The van der Waals surface area contributed by atoms with Crippen LogP contribution in [-0.4, -0.2) is 77.0 Å². The van der Waals surface area contributed by atoms with Crippen molar-refractivity contribution in [1.82, 2.24) is 16.0 Å². The third-order valence-corrected chi connectivity index (χ3v) is 4.04. The van der Waals surface area contributed by atoms with Crippen LogP contribution in [0.2, 0.25) is 0 Å². The summed E-state index contributed by atoms with van der Waals surface area (Å²) in [5, 5.41) is 25.0. The molecule has 0 spiro atoms. The van der Waals surface area contributed by atoms with Crippen LogP contribution in [0.15, 0.2) is 0 Å². The van der Waals surface area contributed by atoms with E-state index in [4.69, 9.17) is 16.6 Å². The van der Waals surface area contributed by atoms with Crippen molar-refractivity contribution in [3.63, 3.8) is 0 Å². The molecular formula is C15H29N5O6S. The number of thiol groups is 1. The minimum absolute atomic E-state index is 0.126. The predicted molar refractivity (Wildman–Crippen MR) is 101 cm³/mol. The second kappa shape index (κ2) is 13.3. The molecule has 4 unspecified atom stereocenters. The Morgan fingerprint density at radius 3 is 2.07 bits per heavy atom. The van der Waals surface area contributed by atoms with Gasteiger partial charge in [-0.3, -0.25) is 14.4 Å². The van der Waals surface area contributed by atoms with Crippen LogP contribution in [-0.2, 0) is 19.2 Å². The Labute approximate surface area is 163 Å². The number of rotatable bonds is 13. The summed E-state index contributed by atoms with van der Waals surface area (Å²) in [5.41, 5.74) is 11.1. The molecule has 12 heteroatoms. The summed E-state index contributed by atoms with van der Waals surface area (Å²) in [6, 6.07) is -4.46. The summed E-state index contributed by atoms with van der Waals surface area (Å²) >= 11 is 3.82. The molecule has 0 aliphatic carbocycles. The van der Waals surface area contributed by atoms with Crippen LogP contribution in [0.4, 0.5) is 0 Å². The van der Waals surface area contributed by atoms with Crippen molar-refractivity contribution < 1.29 is 29.4 Å². The molecule has 0 aromatic carbocycles. The number of carbonyl (C=O) groups excluding carboxylic acids is 3. The van der Waals surface area contributed by atoms with Gasteiger partial charge in [-0.2, -0.15) is 12.6 Å². The van der Waals surface area contributed by atoms with Gasteiger partial charge in [-0.1, -0.05) is 6.42 Å². The molecule has 3 amide bonds. The lowest BCUT2D eigenvalue weighted by Crippen LogP contribution is -2.57. The number of hydrogen-bond donors (Lipinski definition) is 8. The molecule has 0 saturated carbocycles. The number of hydrogen-bond acceptors (Lipinski definition) is 8. The molecule has 0 aromatic heterocycles. The number of carbonyl (C=O) groups is 4. The van der Waals surface area contributed by atoms with E-state index in [1.54, 1.807) is 0 Å². The van der Waals surface area contributed by atoms with E-state index < -0.39 is 54.5 Å². The molecule has 0 radical (unpaired) electrons. The first-order chi connectivity index (χ1) is 12.7. The minimum atomic E-state index is -1.30. The highest BCUT2D eigenvalue weighted by Crippen LogP contribution is 1.99. The Kier molecular flexibility index (Phi) is 12.4. The fourth-order valence-electron chi connectivity index (χ4n) is 1.97. The van der Waals surface area contributed by atoms with Crippen LogP contribution in [0.25, 0.3) is 0 Å². The van der Waals surface area contributed by atoms with Crippen molar-refractivity contribution in [3.8, 4) is 0 Å². The summed E-state index contributed by atoms with van der Waals surface area (Å²) in [6.07, 6.45) is 1.73. The average Bonchev–Trinajstić information content (AvgIpc) is 2.62. The molecule has 156 valence electrons. The van der Waals surface area contributed by atoms with Crippen LogP contribution in [0, 0.1) is 0 Å². The van der Waals surface area contributed by atoms with Gasteiger partial charge in [-0.25, -0.2) is 4.79 Å². The lowest BCUT2D eigenvalue weighted by molar-refractivity contribution is -0.141. The van der Waals surface area contributed by atoms with Crippen molar-refractivity contribution in [1.29, 1.82) is 0 Å². The number of nitrogens with two attached hydrogens (primary N) is 2. The fourth-order valence-corrected chi connectivity index (χ4v) is 2.22. The summed E-state index contributed by atoms with van der Waals surface area (Å²) < 4.78 is 0. The topological polar surface area (TPSA) is 197 Å². The largest absolute Gasteiger partial charge is 0.480 e. The van der Waals surface area contributed by atoms with Crippen molar-refractivity contribution in [2.24, 2.45) is 11.5 Å². The average molecular weight is 407 g/mol. The first-order valence-corrected chi connectivity index (χ1v) is 9.12. The smallest absolute Gasteiger partial charge is 0.327 e. The van der Waals surface area contributed by atoms with Gasteiger partial charge in [-0.05, 0) is 26.3 Å². The monoisotopic (exact) mass is 407 g/mol. The van der Waals surface area contributed by atoms with Crippen molar-refractivity contribution >= 4 is 36.3 Å². The molecule has 27 heavy (non-hydrogen) atoms. The number of unbranched alkanes of at least 4 members (excludes halogenated alkanes) is 1. The molecule has 9 N–H and O–H groups in total. The molecular weight excluding hydrogens is 378 g/mol. The van der Waals surface area contributed by atoms with Gasteiger partial charge < -0.3 is 37.6 Å². The van der Waals surface area contributed by atoms with Gasteiger partial charge in [0.15, 0.2) is 0 Å². The van der Waals surface area contributed by atoms with Gasteiger partial charge in [0.05, 0.1) is 12.6 Å². The van der Waals surface area contributed by atoms with E-state index in [1.165, 1.54) is 6.92 Å². The summed E-state index contributed by atoms with van der Waals surface area (Å²) in [5.74, 6) is -3.55. The standard InChI is InChI=1S/C15H29N5O6S/c1-8(12(22)20-11(7-27)15(25)26)18-14(24)10(6-21)19-13(23)9(17)4-2-3-5-16/h8-11,21,27H,2-7,16-17H2,1H3,(H,18,24)(H,19,23)(H,20,22)(H,25,26). The zero-order valence-electron chi connectivity index (χ0n) is 15.2. The van der Waals surface area contributed by atoms with Crippen LogP contribution >= 0.6 is 12.6 Å². The highest BCUT2D eigenvalue weighted by atomic mass is 32.1.